The first kappa shape index (κ1) is 25.6. The summed E-state index contributed by atoms with van der Waals surface area (Å²) in [6.45, 7) is 0.928. The van der Waals surface area contributed by atoms with Crippen LogP contribution >= 0.6 is 11.3 Å². The van der Waals surface area contributed by atoms with E-state index in [9.17, 15) is 10.1 Å². The number of nitrogens with zero attached hydrogens (tertiary/aromatic N) is 2. The summed E-state index contributed by atoms with van der Waals surface area (Å²) in [5.41, 5.74) is 0.423. The van der Waals surface area contributed by atoms with Gasteiger partial charge >= 0.3 is 5.63 Å². The van der Waals surface area contributed by atoms with Crippen LogP contribution in [-0.2, 0) is 9.47 Å². The maximum atomic E-state index is 13.0. The Morgan fingerprint density at radius 1 is 0.944 bits per heavy atom. The van der Waals surface area contributed by atoms with Crippen molar-refractivity contribution in [3.63, 3.8) is 0 Å². The number of nitriles is 1. The van der Waals surface area contributed by atoms with E-state index in [1.54, 1.807) is 6.07 Å². The molecule has 0 amide bonds. The van der Waals surface area contributed by atoms with E-state index in [1.165, 1.54) is 17.4 Å². The first-order chi connectivity index (χ1) is 17.7. The lowest BCUT2D eigenvalue weighted by Gasteiger charge is -2.15. The van der Waals surface area contributed by atoms with Crippen LogP contribution in [0.1, 0.15) is 5.56 Å². The summed E-state index contributed by atoms with van der Waals surface area (Å²) in [6, 6.07) is 12.7. The second kappa shape index (κ2) is 12.4. The molecule has 11 heteroatoms. The highest BCUT2D eigenvalue weighted by Crippen LogP contribution is 2.37. The summed E-state index contributed by atoms with van der Waals surface area (Å²) in [4.78, 5) is 17.5. The number of para-hydroxylation sites is 1. The van der Waals surface area contributed by atoms with Gasteiger partial charge in [-0.15, -0.1) is 11.3 Å². The van der Waals surface area contributed by atoms with Gasteiger partial charge in [0.15, 0.2) is 11.5 Å². The molecule has 0 saturated carbocycles. The molecule has 2 N–H and O–H groups in total. The van der Waals surface area contributed by atoms with Crippen LogP contribution in [0.3, 0.4) is 0 Å². The van der Waals surface area contributed by atoms with Crippen molar-refractivity contribution in [2.75, 3.05) is 52.9 Å². The Morgan fingerprint density at radius 2 is 1.61 bits per heavy atom. The van der Waals surface area contributed by atoms with Crippen molar-refractivity contribution in [1.29, 1.82) is 5.26 Å². The Kier molecular flexibility index (Phi) is 8.83. The second-order valence-corrected chi connectivity index (χ2v) is 8.43. The summed E-state index contributed by atoms with van der Waals surface area (Å²) in [5, 5.41) is 28.5. The number of benzene rings is 2. The Balaban J connectivity index is 1.73. The second-order valence-electron chi connectivity index (χ2n) is 7.40. The third kappa shape index (κ3) is 5.81. The topological polar surface area (TPSA) is 144 Å². The minimum absolute atomic E-state index is 0.0921. The van der Waals surface area contributed by atoms with Gasteiger partial charge in [0, 0.05) is 11.5 Å². The lowest BCUT2D eigenvalue weighted by Crippen LogP contribution is -2.12. The summed E-state index contributed by atoms with van der Waals surface area (Å²) in [7, 11) is 0. The van der Waals surface area contributed by atoms with Crippen molar-refractivity contribution < 1.29 is 33.6 Å². The van der Waals surface area contributed by atoms with Crippen LogP contribution in [0.4, 0.5) is 0 Å². The van der Waals surface area contributed by atoms with Gasteiger partial charge in [0.2, 0.25) is 0 Å². The molecule has 0 bridgehead atoms. The minimum atomic E-state index is -0.679. The van der Waals surface area contributed by atoms with Gasteiger partial charge in [0.1, 0.15) is 35.4 Å². The van der Waals surface area contributed by atoms with E-state index in [2.05, 4.69) is 11.1 Å². The number of fused-ring (bicyclic) bond motifs is 2. The molecule has 0 atom stereocenters. The van der Waals surface area contributed by atoms with Crippen molar-refractivity contribution in [3.8, 4) is 28.1 Å². The molecule has 0 aliphatic carbocycles. The van der Waals surface area contributed by atoms with Crippen LogP contribution in [-0.4, -0.2) is 68.1 Å². The lowest BCUT2D eigenvalue weighted by molar-refractivity contribution is 0.0645. The Morgan fingerprint density at radius 3 is 2.25 bits per heavy atom. The molecular weight excluding hydrogens is 488 g/mol. The number of hydrogen-bond donors (Lipinski definition) is 2. The van der Waals surface area contributed by atoms with Gasteiger partial charge in [-0.1, -0.05) is 12.1 Å². The Labute approximate surface area is 209 Å². The Hall–Kier alpha value is -3.53. The van der Waals surface area contributed by atoms with Gasteiger partial charge in [0.25, 0.3) is 0 Å². The van der Waals surface area contributed by atoms with Crippen LogP contribution in [0, 0.1) is 11.3 Å². The van der Waals surface area contributed by atoms with E-state index in [0.717, 1.165) is 10.2 Å². The van der Waals surface area contributed by atoms with E-state index in [-0.39, 0.29) is 75.3 Å². The molecule has 36 heavy (non-hydrogen) atoms. The van der Waals surface area contributed by atoms with Gasteiger partial charge in [-0.05, 0) is 18.2 Å². The van der Waals surface area contributed by atoms with Crippen molar-refractivity contribution in [2.24, 2.45) is 0 Å². The SMILES string of the molecule is N#Cc1c(-c2nc3ccccc3s2)c(=O)oc2cc(OCCOCCO)c(OCCOCCO)cc12. The molecular formula is C25H24N2O8S. The molecule has 0 aliphatic rings. The Bertz CT molecular complexity index is 1390. The van der Waals surface area contributed by atoms with Gasteiger partial charge in [0.05, 0.1) is 55.4 Å². The standard InChI is InChI=1S/C25H24N2O8S/c26-15-17-16-13-20(33-11-9-31-7-5-28)21(34-12-10-32-8-6-29)14-19(16)35-25(30)23(17)24-27-18-3-1-2-4-22(18)36-24/h1-4,13-14,28-29H,5-12H2. The average Bonchev–Trinajstić information content (AvgIpc) is 3.31. The van der Waals surface area contributed by atoms with E-state index in [0.29, 0.717) is 16.1 Å². The quantitative estimate of drug-likeness (QED) is 0.203. The number of ether oxygens (including phenoxy) is 4. The third-order valence-corrected chi connectivity index (χ3v) is 6.09. The fraction of sp³-hybridized carbons (Fsp3) is 0.320. The fourth-order valence-electron chi connectivity index (χ4n) is 3.48. The maximum Gasteiger partial charge on any atom is 0.348 e. The van der Waals surface area contributed by atoms with Crippen molar-refractivity contribution in [2.45, 2.75) is 0 Å². The largest absolute Gasteiger partial charge is 0.487 e. The molecule has 0 fully saturated rings. The number of rotatable bonds is 13. The first-order valence-corrected chi connectivity index (χ1v) is 12.0. The predicted octanol–water partition coefficient (Wildman–Crippen LogP) is 2.72. The zero-order chi connectivity index (χ0) is 25.3. The summed E-state index contributed by atoms with van der Waals surface area (Å²) >= 11 is 1.30. The number of aromatic nitrogens is 1. The average molecular weight is 513 g/mol. The van der Waals surface area contributed by atoms with E-state index in [1.807, 2.05) is 24.3 Å². The number of hydrogen-bond acceptors (Lipinski definition) is 11. The van der Waals surface area contributed by atoms with Gasteiger partial charge in [-0.25, -0.2) is 9.78 Å². The summed E-state index contributed by atoms with van der Waals surface area (Å²) < 4.78 is 28.6. The molecule has 0 saturated heterocycles. The van der Waals surface area contributed by atoms with E-state index >= 15 is 0 Å². The zero-order valence-corrected chi connectivity index (χ0v) is 20.1. The third-order valence-electron chi connectivity index (χ3n) is 5.03. The smallest absolute Gasteiger partial charge is 0.348 e. The molecule has 2 heterocycles. The van der Waals surface area contributed by atoms with Gasteiger partial charge in [-0.2, -0.15) is 5.26 Å². The highest BCUT2D eigenvalue weighted by atomic mass is 32.1. The monoisotopic (exact) mass is 512 g/mol. The van der Waals surface area contributed by atoms with Crippen molar-refractivity contribution in [3.05, 3.63) is 52.4 Å². The number of aliphatic hydroxyl groups excluding tert-OH is 2. The predicted molar refractivity (Wildman–Crippen MR) is 133 cm³/mol. The minimum Gasteiger partial charge on any atom is -0.487 e. The summed E-state index contributed by atoms with van der Waals surface area (Å²) in [6.07, 6.45) is 0. The highest BCUT2D eigenvalue weighted by Gasteiger charge is 2.22. The number of aliphatic hydroxyl groups is 2. The molecule has 0 radical (unpaired) electrons. The van der Waals surface area contributed by atoms with Crippen LogP contribution in [0.2, 0.25) is 0 Å². The van der Waals surface area contributed by atoms with E-state index < -0.39 is 5.63 Å². The van der Waals surface area contributed by atoms with Crippen LogP contribution in [0.5, 0.6) is 11.5 Å². The van der Waals surface area contributed by atoms with Crippen molar-refractivity contribution >= 4 is 32.5 Å². The van der Waals surface area contributed by atoms with Gasteiger partial charge in [-0.3, -0.25) is 0 Å². The normalized spacial score (nSPS) is 11.1. The first-order valence-electron chi connectivity index (χ1n) is 11.2. The summed E-state index contributed by atoms with van der Waals surface area (Å²) in [5.74, 6) is 0.606. The molecule has 0 spiro atoms. The maximum absolute atomic E-state index is 13.0. The molecule has 0 unspecified atom stereocenters. The molecule has 188 valence electrons. The highest BCUT2D eigenvalue weighted by molar-refractivity contribution is 7.21. The van der Waals surface area contributed by atoms with Gasteiger partial charge < -0.3 is 33.6 Å². The molecule has 2 aromatic heterocycles. The lowest BCUT2D eigenvalue weighted by atomic mass is 10.1. The zero-order valence-electron chi connectivity index (χ0n) is 19.3. The molecule has 10 nitrogen and oxygen atoms in total. The molecule has 2 aromatic carbocycles. The molecule has 0 aliphatic heterocycles. The fourth-order valence-corrected chi connectivity index (χ4v) is 4.48. The molecule has 4 aromatic rings. The number of thiazole rings is 1. The van der Waals surface area contributed by atoms with Crippen LogP contribution in [0.15, 0.2) is 45.6 Å². The van der Waals surface area contributed by atoms with Crippen LogP contribution < -0.4 is 15.1 Å². The van der Waals surface area contributed by atoms with Crippen LogP contribution in [0.25, 0.3) is 31.8 Å². The molecule has 4 rings (SSSR count). The van der Waals surface area contributed by atoms with E-state index in [4.69, 9.17) is 33.6 Å². The van der Waals surface area contributed by atoms with Crippen molar-refractivity contribution in [1.82, 2.24) is 4.98 Å².